The van der Waals surface area contributed by atoms with Gasteiger partial charge in [0.1, 0.15) is 0 Å². The Morgan fingerprint density at radius 3 is 1.79 bits per heavy atom. The minimum absolute atomic E-state index is 0.559. The summed E-state index contributed by atoms with van der Waals surface area (Å²) in [6.07, 6.45) is 0. The molecule has 0 bridgehead atoms. The maximum absolute atomic E-state index is 10.5. The molecular weight excluding hydrogens is 363 g/mol. The second-order valence-corrected chi connectivity index (χ2v) is 6.59. The van der Waals surface area contributed by atoms with Crippen molar-refractivity contribution >= 4 is 33.8 Å². The van der Waals surface area contributed by atoms with E-state index in [9.17, 15) is 5.02 Å². The molecule has 0 aliphatic carbocycles. The summed E-state index contributed by atoms with van der Waals surface area (Å²) in [6.45, 7) is 0.547. The van der Waals surface area contributed by atoms with Crippen molar-refractivity contribution in [2.75, 3.05) is 0 Å². The highest BCUT2D eigenvalue weighted by Gasteiger charge is 2.16. The zero-order valence-corrected chi connectivity index (χ0v) is 14.8. The Hall–Kier alpha value is -1.88. The maximum atomic E-state index is 10.5. The van der Waals surface area contributed by atoms with Gasteiger partial charge in [-0.05, 0) is 34.2 Å². The molecule has 3 aromatic carbocycles. The summed E-state index contributed by atoms with van der Waals surface area (Å²) < 4.78 is 6.74. The first kappa shape index (κ1) is 17.0. The van der Waals surface area contributed by atoms with Crippen LogP contribution in [0.2, 0.25) is 0 Å². The lowest BCUT2D eigenvalue weighted by Crippen LogP contribution is -2.42. The van der Waals surface area contributed by atoms with E-state index in [1.165, 1.54) is 5.56 Å². The third-order valence-electron chi connectivity index (χ3n) is 3.86. The van der Waals surface area contributed by atoms with Gasteiger partial charge in [-0.3, -0.25) is 0 Å². The van der Waals surface area contributed by atoms with Crippen molar-refractivity contribution < 1.29 is 9.76 Å². The Balaban J connectivity index is 1.57. The highest BCUT2D eigenvalue weighted by molar-refractivity contribution is 9.10. The number of hydrogen-bond donors (Lipinski definition) is 1. The molecule has 0 spiro atoms. The number of hydrogen-bond acceptors (Lipinski definition) is 2. The first-order valence-electron chi connectivity index (χ1n) is 7.86. The van der Waals surface area contributed by atoms with Crippen molar-refractivity contribution in [3.63, 3.8) is 0 Å². The van der Waals surface area contributed by atoms with E-state index < -0.39 is 6.92 Å². The van der Waals surface area contributed by atoms with Gasteiger partial charge in [-0.1, -0.05) is 82.7 Å². The summed E-state index contributed by atoms with van der Waals surface area (Å²) in [5.41, 5.74) is 4.02. The Morgan fingerprint density at radius 1 is 0.708 bits per heavy atom. The zero-order valence-electron chi connectivity index (χ0n) is 13.2. The molecule has 0 unspecified atom stereocenters. The van der Waals surface area contributed by atoms with Crippen LogP contribution in [0.3, 0.4) is 0 Å². The van der Waals surface area contributed by atoms with Crippen LogP contribution in [-0.2, 0) is 18.0 Å². The smallest absolute Gasteiger partial charge is 0.358 e. The first-order chi connectivity index (χ1) is 11.7. The Kier molecular flexibility index (Phi) is 5.86. The van der Waals surface area contributed by atoms with E-state index in [1.54, 1.807) is 0 Å². The van der Waals surface area contributed by atoms with Gasteiger partial charge < -0.3 is 9.76 Å². The van der Waals surface area contributed by atoms with Gasteiger partial charge in [0.2, 0.25) is 0 Å². The highest BCUT2D eigenvalue weighted by Crippen LogP contribution is 2.07. The lowest BCUT2D eigenvalue weighted by molar-refractivity contribution is 0.107. The maximum Gasteiger partial charge on any atom is 0.358 e. The molecule has 3 aromatic rings. The van der Waals surface area contributed by atoms with Gasteiger partial charge in [0.15, 0.2) is 0 Å². The molecule has 0 saturated carbocycles. The van der Waals surface area contributed by atoms with Crippen molar-refractivity contribution in [3.8, 4) is 0 Å². The van der Waals surface area contributed by atoms with Crippen LogP contribution in [0, 0.1) is 0 Å². The minimum atomic E-state index is -0.614. The molecule has 24 heavy (non-hydrogen) atoms. The van der Waals surface area contributed by atoms with Gasteiger partial charge in [-0.25, -0.2) is 0 Å². The average Bonchev–Trinajstić information content (AvgIpc) is 2.63. The molecule has 3 rings (SSSR count). The Bertz CT molecular complexity index is 758. The van der Waals surface area contributed by atoms with Gasteiger partial charge in [0, 0.05) is 4.47 Å². The van der Waals surface area contributed by atoms with Gasteiger partial charge >= 0.3 is 6.92 Å². The molecule has 0 aliphatic rings. The van der Waals surface area contributed by atoms with Crippen LogP contribution in [0.1, 0.15) is 11.1 Å². The van der Waals surface area contributed by atoms with Crippen molar-refractivity contribution in [2.24, 2.45) is 0 Å². The Labute approximate surface area is 151 Å². The van der Waals surface area contributed by atoms with Crippen LogP contribution in [0.15, 0.2) is 83.3 Å². The minimum Gasteiger partial charge on any atom is -0.443 e. The van der Waals surface area contributed by atoms with E-state index in [4.69, 9.17) is 4.74 Å². The normalized spacial score (nSPS) is 10.6. The average molecular weight is 381 g/mol. The molecule has 0 heterocycles. The summed E-state index contributed by atoms with van der Waals surface area (Å²) in [5, 5.41) is 10.5. The van der Waals surface area contributed by atoms with E-state index in [2.05, 4.69) is 28.1 Å². The van der Waals surface area contributed by atoms with E-state index in [0.29, 0.717) is 13.2 Å². The molecule has 1 N–H and O–H groups in total. The quantitative estimate of drug-likeness (QED) is 0.665. The molecule has 0 saturated heterocycles. The number of benzene rings is 3. The van der Waals surface area contributed by atoms with Gasteiger partial charge in [0.25, 0.3) is 0 Å². The lowest BCUT2D eigenvalue weighted by Gasteiger charge is -2.09. The van der Waals surface area contributed by atoms with E-state index in [0.717, 1.165) is 21.0 Å². The molecule has 0 radical (unpaired) electrons. The molecule has 2 nitrogen and oxygen atoms in total. The van der Waals surface area contributed by atoms with Crippen LogP contribution in [0.25, 0.3) is 0 Å². The molecule has 0 aliphatic heterocycles. The van der Waals surface area contributed by atoms with Crippen molar-refractivity contribution in [1.29, 1.82) is 0 Å². The number of rotatable bonds is 6. The van der Waals surface area contributed by atoms with E-state index >= 15 is 0 Å². The summed E-state index contributed by atoms with van der Waals surface area (Å²) in [5.74, 6) is 0. The number of ether oxygens (including phenoxy) is 1. The second-order valence-electron chi connectivity index (χ2n) is 5.67. The summed E-state index contributed by atoms with van der Waals surface area (Å²) in [6, 6.07) is 25.8. The fourth-order valence-corrected chi connectivity index (χ4v) is 2.76. The van der Waals surface area contributed by atoms with E-state index in [-0.39, 0.29) is 0 Å². The monoisotopic (exact) mass is 380 g/mol. The predicted octanol–water partition coefficient (Wildman–Crippen LogP) is 3.26. The SMILES string of the molecule is OB(c1ccc(Br)cc1)c1ccc(COCc2ccccc2)cc1. The second kappa shape index (κ2) is 8.29. The van der Waals surface area contributed by atoms with Gasteiger partial charge in [-0.15, -0.1) is 0 Å². The van der Waals surface area contributed by atoms with E-state index in [1.807, 2.05) is 66.7 Å². The molecule has 0 atom stereocenters. The van der Waals surface area contributed by atoms with Crippen LogP contribution in [0.5, 0.6) is 0 Å². The van der Waals surface area contributed by atoms with Crippen LogP contribution < -0.4 is 10.9 Å². The molecule has 120 valence electrons. The predicted molar refractivity (Wildman–Crippen MR) is 103 cm³/mol. The topological polar surface area (TPSA) is 29.5 Å². The fourth-order valence-electron chi connectivity index (χ4n) is 2.49. The lowest BCUT2D eigenvalue weighted by atomic mass is 9.56. The van der Waals surface area contributed by atoms with Crippen molar-refractivity contribution in [2.45, 2.75) is 13.2 Å². The summed E-state index contributed by atoms with van der Waals surface area (Å²) in [4.78, 5) is 0. The Morgan fingerprint density at radius 2 is 1.21 bits per heavy atom. The van der Waals surface area contributed by atoms with Crippen LogP contribution >= 0.6 is 15.9 Å². The fraction of sp³-hybridized carbons (Fsp3) is 0.100. The zero-order chi connectivity index (χ0) is 16.8. The standard InChI is InChI=1S/C20H18BBrO2/c22-20-12-10-19(11-13-20)21(23)18-8-6-17(7-9-18)15-24-14-16-4-2-1-3-5-16/h1-13,23H,14-15H2. The number of halogens is 1. The van der Waals surface area contributed by atoms with Crippen molar-refractivity contribution in [3.05, 3.63) is 94.5 Å². The first-order valence-corrected chi connectivity index (χ1v) is 8.66. The third-order valence-corrected chi connectivity index (χ3v) is 4.39. The van der Waals surface area contributed by atoms with Crippen LogP contribution in [-0.4, -0.2) is 11.9 Å². The summed E-state index contributed by atoms with van der Waals surface area (Å²) >= 11 is 3.41. The van der Waals surface area contributed by atoms with Crippen molar-refractivity contribution in [1.82, 2.24) is 0 Å². The third kappa shape index (κ3) is 4.57. The molecular formula is C20H18BBrO2. The molecule has 0 aromatic heterocycles. The summed E-state index contributed by atoms with van der Waals surface area (Å²) in [7, 11) is 0. The van der Waals surface area contributed by atoms with Gasteiger partial charge in [0.05, 0.1) is 13.2 Å². The molecule has 4 heteroatoms. The molecule has 0 fully saturated rings. The largest absolute Gasteiger partial charge is 0.443 e. The molecule has 0 amide bonds. The highest BCUT2D eigenvalue weighted by atomic mass is 79.9. The van der Waals surface area contributed by atoms with Gasteiger partial charge in [-0.2, -0.15) is 0 Å². The van der Waals surface area contributed by atoms with Crippen LogP contribution in [0.4, 0.5) is 0 Å².